The van der Waals surface area contributed by atoms with Crippen molar-refractivity contribution >= 4 is 11.7 Å². The molecule has 2 aromatic heterocycles. The van der Waals surface area contributed by atoms with Gasteiger partial charge in [-0.1, -0.05) is 0 Å². The summed E-state index contributed by atoms with van der Waals surface area (Å²) < 4.78 is 12.0. The van der Waals surface area contributed by atoms with Crippen LogP contribution in [0.1, 0.15) is 40.4 Å². The Balaban J connectivity index is 1.30. The number of amides is 1. The van der Waals surface area contributed by atoms with Gasteiger partial charge in [-0.3, -0.25) is 9.78 Å². The van der Waals surface area contributed by atoms with Gasteiger partial charge in [0.15, 0.2) is 0 Å². The first-order valence-corrected chi connectivity index (χ1v) is 10.0. The molecule has 0 aromatic carbocycles. The molecule has 2 aromatic rings. The van der Waals surface area contributed by atoms with Crippen molar-refractivity contribution in [2.75, 3.05) is 24.5 Å². The van der Waals surface area contributed by atoms with Crippen molar-refractivity contribution in [2.45, 2.75) is 45.3 Å². The number of furan rings is 1. The van der Waals surface area contributed by atoms with Crippen LogP contribution in [0.2, 0.25) is 0 Å². The molecule has 4 atom stereocenters. The minimum atomic E-state index is -0.104. The molecule has 1 spiro atoms. The van der Waals surface area contributed by atoms with Crippen LogP contribution in [0.15, 0.2) is 22.9 Å². The van der Waals surface area contributed by atoms with Gasteiger partial charge >= 0.3 is 0 Å². The first-order chi connectivity index (χ1) is 13.4. The molecule has 0 saturated carbocycles. The lowest BCUT2D eigenvalue weighted by molar-refractivity contribution is 0.0141. The molecule has 3 aliphatic rings. The third-order valence-electron chi connectivity index (χ3n) is 6.63. The van der Waals surface area contributed by atoms with E-state index in [-0.39, 0.29) is 17.6 Å². The van der Waals surface area contributed by atoms with Gasteiger partial charge in [0.2, 0.25) is 0 Å². The van der Waals surface area contributed by atoms with E-state index in [4.69, 9.17) is 9.15 Å². The maximum Gasteiger partial charge on any atom is 0.254 e. The highest BCUT2D eigenvalue weighted by atomic mass is 16.5. The van der Waals surface area contributed by atoms with Crippen LogP contribution < -0.4 is 10.2 Å². The van der Waals surface area contributed by atoms with Crippen LogP contribution >= 0.6 is 0 Å². The Morgan fingerprint density at radius 3 is 2.96 bits per heavy atom. The second-order valence-corrected chi connectivity index (χ2v) is 8.47. The standard InChI is InChI=1S/C21H26N4O3/c1-12-7-22-9-19(24-12)25-10-17-16(18-4-5-21(17,11-25)28-18)8-23-20(26)15-6-13(2)27-14(15)3/h6-7,9,16-18H,4-5,8,10-11H2,1-3H3,(H,23,26)/t16-,17+,18+,21+/m0/s1. The van der Waals surface area contributed by atoms with E-state index in [0.29, 0.717) is 29.7 Å². The van der Waals surface area contributed by atoms with E-state index in [1.807, 2.05) is 27.0 Å². The number of nitrogens with zero attached hydrogens (tertiary/aromatic N) is 3. The molecule has 3 fully saturated rings. The average Bonchev–Trinajstić information content (AvgIpc) is 3.39. The summed E-state index contributed by atoms with van der Waals surface area (Å²) in [6.07, 6.45) is 6.00. The number of carbonyl (C=O) groups is 1. The lowest BCUT2D eigenvalue weighted by Gasteiger charge is -2.29. The maximum atomic E-state index is 12.6. The zero-order valence-corrected chi connectivity index (χ0v) is 16.6. The fourth-order valence-electron chi connectivity index (χ4n) is 5.40. The van der Waals surface area contributed by atoms with E-state index in [1.165, 1.54) is 0 Å². The largest absolute Gasteiger partial charge is 0.466 e. The summed E-state index contributed by atoms with van der Waals surface area (Å²) >= 11 is 0. The van der Waals surface area contributed by atoms with Crippen molar-refractivity contribution in [2.24, 2.45) is 11.8 Å². The van der Waals surface area contributed by atoms with Crippen molar-refractivity contribution < 1.29 is 13.9 Å². The Hall–Kier alpha value is -2.41. The normalized spacial score (nSPS) is 30.7. The molecule has 1 N–H and O–H groups in total. The molecule has 5 heterocycles. The molecule has 7 nitrogen and oxygen atoms in total. The molecular formula is C21H26N4O3. The van der Waals surface area contributed by atoms with Gasteiger partial charge in [0, 0.05) is 37.7 Å². The number of carbonyl (C=O) groups excluding carboxylic acids is 1. The lowest BCUT2D eigenvalue weighted by Crippen LogP contribution is -2.41. The van der Waals surface area contributed by atoms with E-state index >= 15 is 0 Å². The predicted octanol–water partition coefficient (Wildman–Crippen LogP) is 2.41. The molecule has 0 unspecified atom stereocenters. The van der Waals surface area contributed by atoms with Gasteiger partial charge in [0.05, 0.1) is 29.2 Å². The molecule has 148 valence electrons. The number of fused-ring (bicyclic) bond motifs is 1. The van der Waals surface area contributed by atoms with Gasteiger partial charge in [0.25, 0.3) is 5.91 Å². The van der Waals surface area contributed by atoms with Crippen molar-refractivity contribution in [1.82, 2.24) is 15.3 Å². The van der Waals surface area contributed by atoms with Gasteiger partial charge in [-0.2, -0.15) is 0 Å². The lowest BCUT2D eigenvalue weighted by atomic mass is 9.73. The average molecular weight is 382 g/mol. The summed E-state index contributed by atoms with van der Waals surface area (Å²) in [6.45, 7) is 8.04. The van der Waals surface area contributed by atoms with Crippen LogP contribution in [0.5, 0.6) is 0 Å². The number of hydrogen-bond acceptors (Lipinski definition) is 6. The van der Waals surface area contributed by atoms with Crippen molar-refractivity contribution in [1.29, 1.82) is 0 Å². The molecule has 0 radical (unpaired) electrons. The summed E-state index contributed by atoms with van der Waals surface area (Å²) in [5.74, 6) is 3.01. The van der Waals surface area contributed by atoms with E-state index in [9.17, 15) is 4.79 Å². The summed E-state index contributed by atoms with van der Waals surface area (Å²) in [6, 6.07) is 1.80. The minimum absolute atomic E-state index is 0.0643. The first-order valence-electron chi connectivity index (χ1n) is 10.0. The zero-order valence-electron chi connectivity index (χ0n) is 16.6. The molecule has 7 heteroatoms. The molecule has 1 amide bonds. The number of nitrogens with one attached hydrogen (secondary N) is 1. The Labute approximate surface area is 164 Å². The second-order valence-electron chi connectivity index (χ2n) is 8.47. The van der Waals surface area contributed by atoms with E-state index in [1.54, 1.807) is 12.3 Å². The molecule has 2 bridgehead atoms. The molecule has 28 heavy (non-hydrogen) atoms. The van der Waals surface area contributed by atoms with E-state index in [0.717, 1.165) is 43.2 Å². The quantitative estimate of drug-likeness (QED) is 0.875. The van der Waals surface area contributed by atoms with Gasteiger partial charge in [-0.25, -0.2) is 4.98 Å². The fourth-order valence-corrected chi connectivity index (χ4v) is 5.40. The molecule has 5 rings (SSSR count). The van der Waals surface area contributed by atoms with E-state index < -0.39 is 0 Å². The van der Waals surface area contributed by atoms with Crippen molar-refractivity contribution in [3.63, 3.8) is 0 Å². The van der Waals surface area contributed by atoms with Gasteiger partial charge in [0.1, 0.15) is 17.3 Å². The Morgan fingerprint density at radius 1 is 1.36 bits per heavy atom. The van der Waals surface area contributed by atoms with Crippen LogP contribution in [0.4, 0.5) is 5.82 Å². The highest BCUT2D eigenvalue weighted by Gasteiger charge is 2.63. The fraction of sp³-hybridized carbons (Fsp3) is 0.571. The number of aryl methyl sites for hydroxylation is 3. The molecule has 3 saturated heterocycles. The predicted molar refractivity (Wildman–Crippen MR) is 103 cm³/mol. The molecule has 3 aliphatic heterocycles. The van der Waals surface area contributed by atoms with Gasteiger partial charge < -0.3 is 19.4 Å². The Morgan fingerprint density at radius 2 is 2.21 bits per heavy atom. The number of rotatable bonds is 4. The summed E-state index contributed by atoms with van der Waals surface area (Å²) in [7, 11) is 0. The third kappa shape index (κ3) is 2.71. The monoisotopic (exact) mass is 382 g/mol. The molecule has 0 aliphatic carbocycles. The third-order valence-corrected chi connectivity index (χ3v) is 6.63. The summed E-state index contributed by atoms with van der Waals surface area (Å²) in [4.78, 5) is 23.8. The summed E-state index contributed by atoms with van der Waals surface area (Å²) in [5, 5.41) is 3.13. The van der Waals surface area contributed by atoms with Crippen molar-refractivity contribution in [3.8, 4) is 0 Å². The SMILES string of the molecule is Cc1cncc(N2C[C@@H]3[C@H](CNC(=O)c4cc(C)oc4C)[C@H]4CC[C@]3(C2)O4)n1. The highest BCUT2D eigenvalue weighted by molar-refractivity contribution is 5.95. The zero-order chi connectivity index (χ0) is 19.5. The number of ether oxygens (including phenoxy) is 1. The second kappa shape index (κ2) is 6.30. The van der Waals surface area contributed by atoms with Crippen molar-refractivity contribution in [3.05, 3.63) is 41.2 Å². The van der Waals surface area contributed by atoms with Gasteiger partial charge in [-0.15, -0.1) is 0 Å². The van der Waals surface area contributed by atoms with Gasteiger partial charge in [-0.05, 0) is 39.7 Å². The topological polar surface area (TPSA) is 80.5 Å². The number of hydrogen-bond donors (Lipinski definition) is 1. The molecular weight excluding hydrogens is 356 g/mol. The van der Waals surface area contributed by atoms with Crippen LogP contribution in [-0.4, -0.2) is 47.2 Å². The van der Waals surface area contributed by atoms with Crippen LogP contribution in [0.25, 0.3) is 0 Å². The first kappa shape index (κ1) is 17.7. The maximum absolute atomic E-state index is 12.6. The highest BCUT2D eigenvalue weighted by Crippen LogP contribution is 2.55. The van der Waals surface area contributed by atoms with Crippen LogP contribution in [0, 0.1) is 32.6 Å². The number of aromatic nitrogens is 2. The Bertz CT molecular complexity index is 926. The summed E-state index contributed by atoms with van der Waals surface area (Å²) in [5.41, 5.74) is 1.44. The smallest absolute Gasteiger partial charge is 0.254 e. The Kier molecular flexibility index (Phi) is 3.98. The van der Waals surface area contributed by atoms with Crippen LogP contribution in [-0.2, 0) is 4.74 Å². The minimum Gasteiger partial charge on any atom is -0.466 e. The number of anilines is 1. The van der Waals surface area contributed by atoms with E-state index in [2.05, 4.69) is 20.2 Å². The van der Waals surface area contributed by atoms with Crippen LogP contribution in [0.3, 0.4) is 0 Å².